The smallest absolute Gasteiger partial charge is 0.166 e. The number of hydrogen-bond acceptors (Lipinski definition) is 2. The molecule has 0 atom stereocenters. The highest BCUT2D eigenvalue weighted by molar-refractivity contribution is 5.97. The van der Waals surface area contributed by atoms with E-state index in [9.17, 15) is 13.6 Å². The molecule has 0 saturated carbocycles. The van der Waals surface area contributed by atoms with Crippen molar-refractivity contribution >= 4 is 5.78 Å². The fourth-order valence-electron chi connectivity index (χ4n) is 1.74. The number of carbonyl (C=O) groups excluding carboxylic acids is 1. The highest BCUT2D eigenvalue weighted by Crippen LogP contribution is 2.23. The Kier molecular flexibility index (Phi) is 3.90. The lowest BCUT2D eigenvalue weighted by Crippen LogP contribution is -2.05. The van der Waals surface area contributed by atoms with Crippen LogP contribution in [0.4, 0.5) is 8.78 Å². The van der Waals surface area contributed by atoms with Gasteiger partial charge in [-0.25, -0.2) is 8.78 Å². The summed E-state index contributed by atoms with van der Waals surface area (Å²) in [6.45, 7) is 1.20. The van der Waals surface area contributed by atoms with Gasteiger partial charge in [-0.3, -0.25) is 4.79 Å². The van der Waals surface area contributed by atoms with E-state index in [4.69, 9.17) is 4.74 Å². The number of halogens is 2. The van der Waals surface area contributed by atoms with Gasteiger partial charge in [0.1, 0.15) is 24.0 Å². The van der Waals surface area contributed by atoms with Crippen LogP contribution < -0.4 is 4.74 Å². The van der Waals surface area contributed by atoms with Crippen molar-refractivity contribution in [2.45, 2.75) is 13.5 Å². The van der Waals surface area contributed by atoms with E-state index in [0.717, 1.165) is 0 Å². The molecule has 4 heteroatoms. The monoisotopic (exact) mass is 262 g/mol. The Balaban J connectivity index is 2.23. The maximum absolute atomic E-state index is 13.5. The Morgan fingerprint density at radius 2 is 1.74 bits per heavy atom. The first-order valence-electron chi connectivity index (χ1n) is 5.75. The van der Waals surface area contributed by atoms with Gasteiger partial charge in [0.05, 0.1) is 5.56 Å². The van der Waals surface area contributed by atoms with Crippen molar-refractivity contribution in [1.82, 2.24) is 0 Å². The van der Waals surface area contributed by atoms with E-state index < -0.39 is 17.4 Å². The Morgan fingerprint density at radius 3 is 2.42 bits per heavy atom. The van der Waals surface area contributed by atoms with Gasteiger partial charge < -0.3 is 4.74 Å². The average molecular weight is 262 g/mol. The van der Waals surface area contributed by atoms with Crippen LogP contribution in [0.25, 0.3) is 0 Å². The zero-order valence-electron chi connectivity index (χ0n) is 10.3. The molecule has 2 rings (SSSR count). The van der Waals surface area contributed by atoms with Crippen LogP contribution in [0, 0.1) is 11.6 Å². The standard InChI is InChI=1S/C15H12F2O2/c1-10(18)15-13(17)7-4-8-14(15)19-9-11-5-2-3-6-12(11)16/h2-8H,9H2,1H3. The van der Waals surface area contributed by atoms with Gasteiger partial charge in [0.25, 0.3) is 0 Å². The second-order valence-electron chi connectivity index (χ2n) is 4.05. The Morgan fingerprint density at radius 1 is 1.05 bits per heavy atom. The van der Waals surface area contributed by atoms with E-state index in [1.807, 2.05) is 0 Å². The van der Waals surface area contributed by atoms with Crippen LogP contribution in [0.5, 0.6) is 5.75 Å². The molecular weight excluding hydrogens is 250 g/mol. The maximum Gasteiger partial charge on any atom is 0.166 e. The Hall–Kier alpha value is -2.23. The fourth-order valence-corrected chi connectivity index (χ4v) is 1.74. The minimum atomic E-state index is -0.640. The largest absolute Gasteiger partial charge is 0.488 e. The van der Waals surface area contributed by atoms with E-state index in [1.54, 1.807) is 18.2 Å². The highest BCUT2D eigenvalue weighted by Gasteiger charge is 2.14. The minimum Gasteiger partial charge on any atom is -0.488 e. The SMILES string of the molecule is CC(=O)c1c(F)cccc1OCc1ccccc1F. The number of Topliss-reactive ketones (excluding diaryl/α,β-unsaturated/α-hetero) is 1. The van der Waals surface area contributed by atoms with Crippen LogP contribution in [0.15, 0.2) is 42.5 Å². The van der Waals surface area contributed by atoms with Crippen LogP contribution in [-0.2, 0) is 6.61 Å². The summed E-state index contributed by atoms with van der Waals surface area (Å²) < 4.78 is 32.3. The number of rotatable bonds is 4. The van der Waals surface area contributed by atoms with Crippen LogP contribution >= 0.6 is 0 Å². The molecule has 0 radical (unpaired) electrons. The lowest BCUT2D eigenvalue weighted by Gasteiger charge is -2.10. The number of ether oxygens (including phenoxy) is 1. The minimum absolute atomic E-state index is 0.0591. The van der Waals surface area contributed by atoms with Crippen molar-refractivity contribution in [2.24, 2.45) is 0 Å². The molecule has 0 spiro atoms. The summed E-state index contributed by atoms with van der Waals surface area (Å²) in [4.78, 5) is 11.4. The summed E-state index contributed by atoms with van der Waals surface area (Å²) in [5.74, 6) is -1.35. The quantitative estimate of drug-likeness (QED) is 0.784. The fraction of sp³-hybridized carbons (Fsp3) is 0.133. The predicted molar refractivity (Wildman–Crippen MR) is 67.1 cm³/mol. The molecule has 0 saturated heterocycles. The summed E-state index contributed by atoms with van der Waals surface area (Å²) in [6, 6.07) is 10.3. The number of carbonyl (C=O) groups is 1. The number of ketones is 1. The predicted octanol–water partition coefficient (Wildman–Crippen LogP) is 3.75. The summed E-state index contributed by atoms with van der Waals surface area (Å²) in [6.07, 6.45) is 0. The van der Waals surface area contributed by atoms with Crippen molar-refractivity contribution in [3.63, 3.8) is 0 Å². The lowest BCUT2D eigenvalue weighted by atomic mass is 10.1. The zero-order valence-corrected chi connectivity index (χ0v) is 10.3. The summed E-state index contributed by atoms with van der Waals surface area (Å²) in [5.41, 5.74) is 0.236. The zero-order chi connectivity index (χ0) is 13.8. The van der Waals surface area contributed by atoms with E-state index in [1.165, 1.54) is 31.2 Å². The number of hydrogen-bond donors (Lipinski definition) is 0. The maximum atomic E-state index is 13.5. The third kappa shape index (κ3) is 2.96. The first-order chi connectivity index (χ1) is 9.09. The highest BCUT2D eigenvalue weighted by atomic mass is 19.1. The molecule has 0 heterocycles. The van der Waals surface area contributed by atoms with Gasteiger partial charge in [0.15, 0.2) is 5.78 Å². The molecule has 0 aliphatic rings. The third-order valence-corrected chi connectivity index (χ3v) is 2.67. The third-order valence-electron chi connectivity index (χ3n) is 2.67. The average Bonchev–Trinajstić information content (AvgIpc) is 2.37. The van der Waals surface area contributed by atoms with Crippen LogP contribution in [0.1, 0.15) is 22.8 Å². The van der Waals surface area contributed by atoms with Crippen molar-refractivity contribution in [2.75, 3.05) is 0 Å². The molecular formula is C15H12F2O2. The second kappa shape index (κ2) is 5.61. The van der Waals surface area contributed by atoms with Crippen molar-refractivity contribution in [1.29, 1.82) is 0 Å². The number of benzene rings is 2. The first kappa shape index (κ1) is 13.2. The van der Waals surface area contributed by atoms with Gasteiger partial charge in [0.2, 0.25) is 0 Å². The van der Waals surface area contributed by atoms with Crippen molar-refractivity contribution in [3.05, 3.63) is 65.2 Å². The molecule has 2 aromatic carbocycles. The van der Waals surface area contributed by atoms with E-state index >= 15 is 0 Å². The van der Waals surface area contributed by atoms with Gasteiger partial charge in [-0.15, -0.1) is 0 Å². The Bertz CT molecular complexity index is 609. The van der Waals surface area contributed by atoms with Crippen molar-refractivity contribution in [3.8, 4) is 5.75 Å². The van der Waals surface area contributed by atoms with Gasteiger partial charge in [-0.2, -0.15) is 0 Å². The van der Waals surface area contributed by atoms with E-state index in [0.29, 0.717) is 5.56 Å². The van der Waals surface area contributed by atoms with Gasteiger partial charge >= 0.3 is 0 Å². The molecule has 0 aliphatic carbocycles. The molecule has 0 N–H and O–H groups in total. The summed E-state index contributed by atoms with van der Waals surface area (Å²) in [5, 5.41) is 0. The molecule has 0 aliphatic heterocycles. The van der Waals surface area contributed by atoms with Crippen molar-refractivity contribution < 1.29 is 18.3 Å². The molecule has 0 aromatic heterocycles. The van der Waals surface area contributed by atoms with Crippen LogP contribution in [0.3, 0.4) is 0 Å². The molecule has 2 aromatic rings. The molecule has 0 amide bonds. The van der Waals surface area contributed by atoms with E-state index in [-0.39, 0.29) is 17.9 Å². The Labute approximate surface area is 109 Å². The van der Waals surface area contributed by atoms with Crippen LogP contribution in [-0.4, -0.2) is 5.78 Å². The first-order valence-corrected chi connectivity index (χ1v) is 5.75. The molecule has 0 bridgehead atoms. The van der Waals surface area contributed by atoms with E-state index in [2.05, 4.69) is 0 Å². The van der Waals surface area contributed by atoms with Gasteiger partial charge in [-0.05, 0) is 25.1 Å². The van der Waals surface area contributed by atoms with Gasteiger partial charge in [-0.1, -0.05) is 24.3 Å². The lowest BCUT2D eigenvalue weighted by molar-refractivity contribution is 0.100. The molecule has 0 fully saturated rings. The molecule has 19 heavy (non-hydrogen) atoms. The van der Waals surface area contributed by atoms with Gasteiger partial charge in [0, 0.05) is 5.56 Å². The molecule has 0 unspecified atom stereocenters. The summed E-state index contributed by atoms with van der Waals surface area (Å²) >= 11 is 0. The topological polar surface area (TPSA) is 26.3 Å². The molecule has 2 nitrogen and oxygen atoms in total. The van der Waals surface area contributed by atoms with Crippen LogP contribution in [0.2, 0.25) is 0 Å². The normalized spacial score (nSPS) is 10.3. The second-order valence-corrected chi connectivity index (χ2v) is 4.05. The summed E-state index contributed by atoms with van der Waals surface area (Å²) in [7, 11) is 0. The molecule has 98 valence electrons.